The molecule has 0 spiro atoms. The number of amides is 2. The van der Waals surface area contributed by atoms with Crippen molar-refractivity contribution in [2.24, 2.45) is 0 Å². The summed E-state index contributed by atoms with van der Waals surface area (Å²) >= 11 is 0. The Morgan fingerprint density at radius 3 is 2.75 bits per heavy atom. The van der Waals surface area contributed by atoms with Gasteiger partial charge in [-0.05, 0) is 19.1 Å². The van der Waals surface area contributed by atoms with Crippen molar-refractivity contribution in [1.29, 1.82) is 0 Å². The summed E-state index contributed by atoms with van der Waals surface area (Å²) < 4.78 is 35.3. The summed E-state index contributed by atoms with van der Waals surface area (Å²) in [5.41, 5.74) is 0.909. The van der Waals surface area contributed by atoms with E-state index < -0.39 is 18.8 Å². The number of urea groups is 1. The van der Waals surface area contributed by atoms with Crippen LogP contribution in [0.2, 0.25) is 0 Å². The van der Waals surface area contributed by atoms with Gasteiger partial charge in [0.1, 0.15) is 6.54 Å². The molecule has 0 aromatic carbocycles. The van der Waals surface area contributed by atoms with E-state index in [2.05, 4.69) is 10.3 Å². The zero-order valence-corrected chi connectivity index (χ0v) is 8.43. The number of hydrogen-bond donors (Lipinski definition) is 2. The second kappa shape index (κ2) is 4.82. The normalized spacial score (nSPS) is 11.0. The Hall–Kier alpha value is -1.79. The van der Waals surface area contributed by atoms with Gasteiger partial charge in [-0.1, -0.05) is 0 Å². The Kier molecular flexibility index (Phi) is 3.70. The molecule has 0 radical (unpaired) electrons. The van der Waals surface area contributed by atoms with Gasteiger partial charge < -0.3 is 10.6 Å². The van der Waals surface area contributed by atoms with Crippen LogP contribution in [0.15, 0.2) is 18.3 Å². The summed E-state index contributed by atoms with van der Waals surface area (Å²) in [6.07, 6.45) is -2.89. The van der Waals surface area contributed by atoms with Gasteiger partial charge in [0.15, 0.2) is 0 Å². The van der Waals surface area contributed by atoms with Crippen LogP contribution in [0, 0.1) is 6.92 Å². The van der Waals surface area contributed by atoms with E-state index in [9.17, 15) is 18.0 Å². The van der Waals surface area contributed by atoms with Gasteiger partial charge in [0.2, 0.25) is 0 Å². The van der Waals surface area contributed by atoms with Crippen LogP contribution in [-0.2, 0) is 0 Å². The number of carbonyl (C=O) groups is 1. The third-order valence-corrected chi connectivity index (χ3v) is 1.70. The average Bonchev–Trinajstić information content (AvgIpc) is 2.18. The second-order valence-corrected chi connectivity index (χ2v) is 3.06. The molecule has 2 amide bonds. The minimum atomic E-state index is -4.42. The van der Waals surface area contributed by atoms with Crippen molar-refractivity contribution in [3.63, 3.8) is 0 Å². The minimum Gasteiger partial charge on any atom is -0.329 e. The third-order valence-electron chi connectivity index (χ3n) is 1.70. The maximum absolute atomic E-state index is 11.8. The summed E-state index contributed by atoms with van der Waals surface area (Å²) in [5, 5.41) is 3.97. The van der Waals surface area contributed by atoms with Gasteiger partial charge in [0.05, 0.1) is 11.4 Å². The van der Waals surface area contributed by atoms with E-state index in [1.54, 1.807) is 24.4 Å². The zero-order chi connectivity index (χ0) is 12.2. The number of hydrogen-bond acceptors (Lipinski definition) is 2. The highest BCUT2D eigenvalue weighted by molar-refractivity contribution is 5.89. The van der Waals surface area contributed by atoms with E-state index >= 15 is 0 Å². The van der Waals surface area contributed by atoms with Crippen LogP contribution in [0.25, 0.3) is 0 Å². The molecule has 1 aromatic rings. The molecule has 88 valence electrons. The molecule has 0 aliphatic rings. The summed E-state index contributed by atoms with van der Waals surface area (Å²) in [5.74, 6) is 0. The maximum atomic E-state index is 11.8. The molecular formula is C9H10F3N3O. The number of aromatic nitrogens is 1. The molecule has 1 rings (SSSR count). The van der Waals surface area contributed by atoms with Crippen molar-refractivity contribution >= 4 is 11.7 Å². The lowest BCUT2D eigenvalue weighted by Gasteiger charge is -2.10. The third kappa shape index (κ3) is 4.16. The quantitative estimate of drug-likeness (QED) is 0.821. The Morgan fingerprint density at radius 1 is 1.50 bits per heavy atom. The van der Waals surface area contributed by atoms with Crippen molar-refractivity contribution in [3.05, 3.63) is 24.0 Å². The monoisotopic (exact) mass is 233 g/mol. The van der Waals surface area contributed by atoms with Crippen LogP contribution in [-0.4, -0.2) is 23.7 Å². The molecule has 0 fully saturated rings. The molecule has 7 heteroatoms. The topological polar surface area (TPSA) is 54.0 Å². The summed E-state index contributed by atoms with van der Waals surface area (Å²) in [7, 11) is 0. The molecule has 0 saturated heterocycles. The molecule has 0 atom stereocenters. The maximum Gasteiger partial charge on any atom is 0.405 e. The number of nitrogens with one attached hydrogen (secondary N) is 2. The highest BCUT2D eigenvalue weighted by Crippen LogP contribution is 2.13. The Bertz CT molecular complexity index is 379. The number of pyridine rings is 1. The summed E-state index contributed by atoms with van der Waals surface area (Å²) in [6, 6.07) is 2.22. The number of anilines is 1. The largest absolute Gasteiger partial charge is 0.405 e. The van der Waals surface area contributed by atoms with E-state index in [0.29, 0.717) is 11.4 Å². The Balaban J connectivity index is 2.50. The first-order chi connectivity index (χ1) is 7.38. The molecule has 1 heterocycles. The standard InChI is InChI=1S/C9H10F3N3O/c1-6-7(3-2-4-13-6)15-8(16)14-5-9(10,11)12/h2-4H,5H2,1H3,(H2,14,15,16). The lowest BCUT2D eigenvalue weighted by atomic mass is 10.3. The van der Waals surface area contributed by atoms with E-state index in [-0.39, 0.29) is 0 Å². The number of nitrogens with zero attached hydrogens (tertiary/aromatic N) is 1. The Labute approximate surface area is 89.9 Å². The van der Waals surface area contributed by atoms with Crippen molar-refractivity contribution in [2.45, 2.75) is 13.1 Å². The molecule has 0 aliphatic heterocycles. The van der Waals surface area contributed by atoms with Crippen LogP contribution in [0.4, 0.5) is 23.7 Å². The zero-order valence-electron chi connectivity index (χ0n) is 8.43. The second-order valence-electron chi connectivity index (χ2n) is 3.06. The van der Waals surface area contributed by atoms with Crippen molar-refractivity contribution in [3.8, 4) is 0 Å². The predicted molar refractivity (Wildman–Crippen MR) is 52.1 cm³/mol. The summed E-state index contributed by atoms with van der Waals surface area (Å²) in [6.45, 7) is 0.275. The van der Waals surface area contributed by atoms with Gasteiger partial charge in [0, 0.05) is 6.20 Å². The molecule has 1 aromatic heterocycles. The molecular weight excluding hydrogens is 223 g/mol. The number of aryl methyl sites for hydroxylation is 1. The predicted octanol–water partition coefficient (Wildman–Crippen LogP) is 2.07. The minimum absolute atomic E-state index is 0.377. The first-order valence-corrected chi connectivity index (χ1v) is 4.42. The van der Waals surface area contributed by atoms with E-state index in [4.69, 9.17) is 0 Å². The molecule has 0 aliphatic carbocycles. The SMILES string of the molecule is Cc1ncccc1NC(=O)NCC(F)(F)F. The van der Waals surface area contributed by atoms with Crippen LogP contribution in [0.5, 0.6) is 0 Å². The van der Waals surface area contributed by atoms with Crippen LogP contribution >= 0.6 is 0 Å². The molecule has 4 nitrogen and oxygen atoms in total. The fourth-order valence-corrected chi connectivity index (χ4v) is 0.963. The number of alkyl halides is 3. The number of halogens is 3. The van der Waals surface area contributed by atoms with Gasteiger partial charge in [-0.15, -0.1) is 0 Å². The van der Waals surface area contributed by atoms with Gasteiger partial charge in [-0.3, -0.25) is 4.98 Å². The van der Waals surface area contributed by atoms with Gasteiger partial charge >= 0.3 is 12.2 Å². The first-order valence-electron chi connectivity index (χ1n) is 4.42. The van der Waals surface area contributed by atoms with Crippen molar-refractivity contribution in [1.82, 2.24) is 10.3 Å². The number of carbonyl (C=O) groups excluding carboxylic acids is 1. The van der Waals surface area contributed by atoms with E-state index in [0.717, 1.165) is 0 Å². The smallest absolute Gasteiger partial charge is 0.329 e. The van der Waals surface area contributed by atoms with E-state index in [1.807, 2.05) is 0 Å². The average molecular weight is 233 g/mol. The molecule has 16 heavy (non-hydrogen) atoms. The highest BCUT2D eigenvalue weighted by Gasteiger charge is 2.27. The fraction of sp³-hybridized carbons (Fsp3) is 0.333. The fourth-order valence-electron chi connectivity index (χ4n) is 0.963. The van der Waals surface area contributed by atoms with Crippen molar-refractivity contribution in [2.75, 3.05) is 11.9 Å². The van der Waals surface area contributed by atoms with Gasteiger partial charge in [0.25, 0.3) is 0 Å². The molecule has 2 N–H and O–H groups in total. The lowest BCUT2D eigenvalue weighted by Crippen LogP contribution is -2.36. The van der Waals surface area contributed by atoms with Crippen LogP contribution in [0.1, 0.15) is 5.69 Å². The first kappa shape index (κ1) is 12.3. The van der Waals surface area contributed by atoms with Crippen molar-refractivity contribution < 1.29 is 18.0 Å². The number of rotatable bonds is 2. The Morgan fingerprint density at radius 2 is 2.19 bits per heavy atom. The summed E-state index contributed by atoms with van der Waals surface area (Å²) in [4.78, 5) is 14.9. The van der Waals surface area contributed by atoms with Crippen LogP contribution in [0.3, 0.4) is 0 Å². The van der Waals surface area contributed by atoms with Gasteiger partial charge in [-0.25, -0.2) is 4.79 Å². The lowest BCUT2D eigenvalue weighted by molar-refractivity contribution is -0.122. The van der Waals surface area contributed by atoms with Gasteiger partial charge in [-0.2, -0.15) is 13.2 Å². The highest BCUT2D eigenvalue weighted by atomic mass is 19.4. The van der Waals surface area contributed by atoms with E-state index in [1.165, 1.54) is 6.20 Å². The molecule has 0 bridgehead atoms. The molecule has 0 saturated carbocycles. The molecule has 0 unspecified atom stereocenters. The van der Waals surface area contributed by atoms with Crippen LogP contribution < -0.4 is 10.6 Å².